The van der Waals surface area contributed by atoms with Gasteiger partial charge in [-0.3, -0.25) is 0 Å². The second-order valence-electron chi connectivity index (χ2n) is 6.11. The molecular formula is C20H24N2. The lowest BCUT2D eigenvalue weighted by Gasteiger charge is -2.06. The highest BCUT2D eigenvalue weighted by Gasteiger charge is 2.02. The third-order valence-electron chi connectivity index (χ3n) is 3.92. The van der Waals surface area contributed by atoms with Crippen LogP contribution in [0.4, 0.5) is 0 Å². The number of benzene rings is 2. The Morgan fingerprint density at radius 2 is 0.818 bits per heavy atom. The van der Waals surface area contributed by atoms with Crippen LogP contribution in [0.15, 0.2) is 34.5 Å². The zero-order chi connectivity index (χ0) is 16.3. The average Bonchev–Trinajstić information content (AvgIpc) is 2.38. The van der Waals surface area contributed by atoms with Crippen molar-refractivity contribution in [3.63, 3.8) is 0 Å². The van der Waals surface area contributed by atoms with Crippen LogP contribution < -0.4 is 0 Å². The first kappa shape index (κ1) is 16.2. The van der Waals surface area contributed by atoms with E-state index in [-0.39, 0.29) is 0 Å². The van der Waals surface area contributed by atoms with E-state index < -0.39 is 0 Å². The van der Waals surface area contributed by atoms with Crippen molar-refractivity contribution in [2.75, 3.05) is 0 Å². The fourth-order valence-corrected chi connectivity index (χ4v) is 2.97. The summed E-state index contributed by atoms with van der Waals surface area (Å²) in [4.78, 5) is 0. The van der Waals surface area contributed by atoms with Crippen molar-refractivity contribution in [2.24, 2.45) is 10.2 Å². The average molecular weight is 292 g/mol. The first-order valence-electron chi connectivity index (χ1n) is 7.60. The maximum Gasteiger partial charge on any atom is 0.0573 e. The summed E-state index contributed by atoms with van der Waals surface area (Å²) in [5.41, 5.74) is 9.81. The molecule has 0 bridgehead atoms. The minimum absolute atomic E-state index is 1.15. The highest BCUT2D eigenvalue weighted by molar-refractivity contribution is 5.86. The van der Waals surface area contributed by atoms with Gasteiger partial charge < -0.3 is 0 Å². The predicted molar refractivity (Wildman–Crippen MR) is 96.5 cm³/mol. The fourth-order valence-electron chi connectivity index (χ4n) is 2.97. The van der Waals surface area contributed by atoms with Crippen molar-refractivity contribution in [3.05, 3.63) is 68.8 Å². The Kier molecular flexibility index (Phi) is 4.92. The van der Waals surface area contributed by atoms with E-state index >= 15 is 0 Å². The number of hydrogen-bond donors (Lipinski definition) is 0. The van der Waals surface area contributed by atoms with Gasteiger partial charge in [-0.15, -0.1) is 0 Å². The summed E-state index contributed by atoms with van der Waals surface area (Å²) < 4.78 is 0. The Morgan fingerprint density at radius 1 is 0.545 bits per heavy atom. The topological polar surface area (TPSA) is 24.7 Å². The van der Waals surface area contributed by atoms with E-state index in [4.69, 9.17) is 0 Å². The molecule has 0 N–H and O–H groups in total. The van der Waals surface area contributed by atoms with Crippen LogP contribution in [0.5, 0.6) is 0 Å². The first-order valence-corrected chi connectivity index (χ1v) is 7.60. The summed E-state index contributed by atoms with van der Waals surface area (Å²) in [5, 5.41) is 8.47. The van der Waals surface area contributed by atoms with Crippen molar-refractivity contribution in [2.45, 2.75) is 41.5 Å². The Balaban J connectivity index is 2.24. The first-order chi connectivity index (χ1) is 10.4. The van der Waals surface area contributed by atoms with Gasteiger partial charge in [-0.05, 0) is 63.8 Å². The molecule has 0 amide bonds. The van der Waals surface area contributed by atoms with Crippen molar-refractivity contribution in [3.8, 4) is 0 Å². The van der Waals surface area contributed by atoms with Crippen molar-refractivity contribution in [1.82, 2.24) is 0 Å². The zero-order valence-electron chi connectivity index (χ0n) is 14.4. The van der Waals surface area contributed by atoms with Gasteiger partial charge in [-0.2, -0.15) is 10.2 Å². The molecule has 0 saturated heterocycles. The Hall–Kier alpha value is -2.22. The van der Waals surface area contributed by atoms with Gasteiger partial charge in [0.05, 0.1) is 12.4 Å². The molecule has 2 nitrogen and oxygen atoms in total. The predicted octanol–water partition coefficient (Wildman–Crippen LogP) is 4.99. The van der Waals surface area contributed by atoms with Gasteiger partial charge in [-0.25, -0.2) is 0 Å². The Labute approximate surface area is 133 Å². The highest BCUT2D eigenvalue weighted by Crippen LogP contribution is 2.15. The lowest BCUT2D eigenvalue weighted by molar-refractivity contribution is 1.23. The molecule has 2 aromatic carbocycles. The van der Waals surface area contributed by atoms with Gasteiger partial charge in [0.25, 0.3) is 0 Å². The molecule has 2 aromatic rings. The van der Waals surface area contributed by atoms with Crippen molar-refractivity contribution in [1.29, 1.82) is 0 Å². The van der Waals surface area contributed by atoms with Gasteiger partial charge in [-0.1, -0.05) is 35.4 Å². The summed E-state index contributed by atoms with van der Waals surface area (Å²) >= 11 is 0. The normalized spacial score (nSPS) is 11.7. The maximum absolute atomic E-state index is 4.24. The molecule has 0 unspecified atom stereocenters. The molecule has 22 heavy (non-hydrogen) atoms. The molecule has 2 heteroatoms. The molecular weight excluding hydrogens is 268 g/mol. The molecule has 0 spiro atoms. The summed E-state index contributed by atoms with van der Waals surface area (Å²) in [6.07, 6.45) is 3.69. The molecule has 0 heterocycles. The molecule has 0 aliphatic carbocycles. The summed E-state index contributed by atoms with van der Waals surface area (Å²) in [6.45, 7) is 12.7. The Morgan fingerprint density at radius 3 is 1.09 bits per heavy atom. The Bertz CT molecular complexity index is 641. The largest absolute Gasteiger partial charge is 0.158 e. The minimum Gasteiger partial charge on any atom is -0.158 e. The second-order valence-corrected chi connectivity index (χ2v) is 6.11. The highest BCUT2D eigenvalue weighted by atomic mass is 15.2. The summed E-state index contributed by atoms with van der Waals surface area (Å²) in [7, 11) is 0. The van der Waals surface area contributed by atoms with Crippen LogP contribution in [-0.4, -0.2) is 12.4 Å². The minimum atomic E-state index is 1.15. The van der Waals surface area contributed by atoms with Gasteiger partial charge >= 0.3 is 0 Å². The molecule has 114 valence electrons. The van der Waals surface area contributed by atoms with Crippen LogP contribution >= 0.6 is 0 Å². The lowest BCUT2D eigenvalue weighted by Crippen LogP contribution is -1.94. The van der Waals surface area contributed by atoms with Crippen molar-refractivity contribution < 1.29 is 0 Å². The molecule has 2 rings (SSSR count). The molecule has 0 aromatic heterocycles. The van der Waals surface area contributed by atoms with Gasteiger partial charge in [0.15, 0.2) is 0 Å². The second kappa shape index (κ2) is 6.69. The lowest BCUT2D eigenvalue weighted by atomic mass is 10.0. The van der Waals surface area contributed by atoms with Crippen LogP contribution in [0.3, 0.4) is 0 Å². The summed E-state index contributed by atoms with van der Waals surface area (Å²) in [5.74, 6) is 0. The van der Waals surface area contributed by atoms with E-state index in [9.17, 15) is 0 Å². The molecule has 0 radical (unpaired) electrons. The van der Waals surface area contributed by atoms with E-state index in [0.717, 1.165) is 11.1 Å². The fraction of sp³-hybridized carbons (Fsp3) is 0.300. The number of aryl methyl sites for hydroxylation is 6. The third-order valence-corrected chi connectivity index (χ3v) is 3.92. The third kappa shape index (κ3) is 3.70. The monoisotopic (exact) mass is 292 g/mol. The van der Waals surface area contributed by atoms with Crippen molar-refractivity contribution >= 4 is 12.4 Å². The van der Waals surface area contributed by atoms with E-state index in [2.05, 4.69) is 76.0 Å². The number of nitrogens with zero attached hydrogens (tertiary/aromatic N) is 2. The van der Waals surface area contributed by atoms with Gasteiger partial charge in [0.1, 0.15) is 0 Å². The maximum atomic E-state index is 4.24. The number of rotatable bonds is 3. The van der Waals surface area contributed by atoms with Crippen LogP contribution in [0, 0.1) is 41.5 Å². The summed E-state index contributed by atoms with van der Waals surface area (Å²) in [6, 6.07) is 8.69. The molecule has 0 saturated carbocycles. The van der Waals surface area contributed by atoms with E-state index in [1.807, 2.05) is 12.4 Å². The zero-order valence-corrected chi connectivity index (χ0v) is 14.4. The van der Waals surface area contributed by atoms with Crippen LogP contribution in [-0.2, 0) is 0 Å². The van der Waals surface area contributed by atoms with E-state index in [0.29, 0.717) is 0 Å². The van der Waals surface area contributed by atoms with Crippen LogP contribution in [0.25, 0.3) is 0 Å². The molecule has 0 atom stereocenters. The molecule has 0 aliphatic rings. The quantitative estimate of drug-likeness (QED) is 0.562. The van der Waals surface area contributed by atoms with E-state index in [1.54, 1.807) is 0 Å². The van der Waals surface area contributed by atoms with Crippen LogP contribution in [0.2, 0.25) is 0 Å². The molecule has 0 fully saturated rings. The van der Waals surface area contributed by atoms with Gasteiger partial charge in [0.2, 0.25) is 0 Å². The van der Waals surface area contributed by atoms with Gasteiger partial charge in [0, 0.05) is 11.1 Å². The number of hydrogen-bond acceptors (Lipinski definition) is 2. The smallest absolute Gasteiger partial charge is 0.0573 e. The molecule has 0 aliphatic heterocycles. The van der Waals surface area contributed by atoms with Crippen LogP contribution in [0.1, 0.15) is 44.5 Å². The SMILES string of the molecule is Cc1cc(C)c(/C=N\N=C/c2c(C)cc(C)cc2C)c(C)c1. The van der Waals surface area contributed by atoms with E-state index in [1.165, 1.54) is 33.4 Å². The standard InChI is InChI=1S/C20H24N2/c1-13-7-15(3)19(16(4)8-13)11-21-22-12-20-17(5)9-14(2)10-18(20)6/h7-12H,1-6H3/b21-11-,22-12-.